The third-order valence-electron chi connectivity index (χ3n) is 2.44. The minimum atomic E-state index is -0.444. The number of halogens is 1. The molecule has 6 nitrogen and oxygen atoms in total. The maximum absolute atomic E-state index is 11.7. The molecule has 1 aromatic heterocycles. The molecule has 108 valence electrons. The first-order valence-corrected chi connectivity index (χ1v) is 6.42. The van der Waals surface area contributed by atoms with E-state index in [1.807, 2.05) is 0 Å². The molecule has 0 saturated heterocycles. The molecule has 0 atom stereocenters. The van der Waals surface area contributed by atoms with Crippen LogP contribution in [0.1, 0.15) is 16.1 Å². The highest BCUT2D eigenvalue weighted by molar-refractivity contribution is 6.30. The second-order valence-electron chi connectivity index (χ2n) is 4.00. The summed E-state index contributed by atoms with van der Waals surface area (Å²) in [5, 5.41) is 6.70. The zero-order valence-electron chi connectivity index (χ0n) is 10.9. The molecule has 0 fully saturated rings. The van der Waals surface area contributed by atoms with Crippen LogP contribution in [-0.4, -0.2) is 24.6 Å². The number of benzene rings is 1. The first kappa shape index (κ1) is 14.8. The van der Waals surface area contributed by atoms with E-state index in [0.717, 1.165) is 0 Å². The normalized spacial score (nSPS) is 10.5. The molecule has 7 heteroatoms. The summed E-state index contributed by atoms with van der Waals surface area (Å²) in [5.74, 6) is -0.294. The van der Waals surface area contributed by atoms with Gasteiger partial charge in [0.25, 0.3) is 11.8 Å². The maximum Gasteiger partial charge on any atom is 0.259 e. The SMILES string of the molecule is O=C(CNC(=O)c1ccc(Cl)cc1)NN=Cc1ccco1. The molecule has 0 aliphatic heterocycles. The number of nitrogens with one attached hydrogen (secondary N) is 2. The number of rotatable bonds is 5. The van der Waals surface area contributed by atoms with Gasteiger partial charge in [0.05, 0.1) is 19.0 Å². The van der Waals surface area contributed by atoms with Gasteiger partial charge in [0.15, 0.2) is 0 Å². The number of furan rings is 1. The van der Waals surface area contributed by atoms with Gasteiger partial charge in [-0.15, -0.1) is 0 Å². The van der Waals surface area contributed by atoms with Gasteiger partial charge in [-0.25, -0.2) is 5.43 Å². The fraction of sp³-hybridized carbons (Fsp3) is 0.0714. The van der Waals surface area contributed by atoms with Gasteiger partial charge in [-0.1, -0.05) is 11.6 Å². The largest absolute Gasteiger partial charge is 0.463 e. The molecule has 0 unspecified atom stereocenters. The minimum absolute atomic E-state index is 0.184. The summed E-state index contributed by atoms with van der Waals surface area (Å²) in [6, 6.07) is 9.75. The highest BCUT2D eigenvalue weighted by atomic mass is 35.5. The van der Waals surface area contributed by atoms with Gasteiger partial charge in [-0.2, -0.15) is 5.10 Å². The van der Waals surface area contributed by atoms with Crippen molar-refractivity contribution in [1.29, 1.82) is 0 Å². The molecule has 0 saturated carbocycles. The molecular weight excluding hydrogens is 294 g/mol. The number of hydrazone groups is 1. The summed E-state index contributed by atoms with van der Waals surface area (Å²) in [4.78, 5) is 23.2. The van der Waals surface area contributed by atoms with Crippen molar-refractivity contribution in [3.8, 4) is 0 Å². The molecule has 2 amide bonds. The molecule has 0 aliphatic rings. The van der Waals surface area contributed by atoms with E-state index in [-0.39, 0.29) is 12.5 Å². The summed E-state index contributed by atoms with van der Waals surface area (Å²) in [6.07, 6.45) is 2.86. The van der Waals surface area contributed by atoms with E-state index < -0.39 is 5.91 Å². The monoisotopic (exact) mass is 305 g/mol. The molecule has 1 aromatic carbocycles. The Kier molecular flexibility index (Phi) is 5.11. The Hall–Kier alpha value is -2.60. The van der Waals surface area contributed by atoms with Crippen LogP contribution < -0.4 is 10.7 Å². The molecule has 1 heterocycles. The quantitative estimate of drug-likeness (QED) is 0.653. The van der Waals surface area contributed by atoms with Gasteiger partial charge >= 0.3 is 0 Å². The van der Waals surface area contributed by atoms with E-state index in [9.17, 15) is 9.59 Å². The molecule has 2 N–H and O–H groups in total. The Bertz CT molecular complexity index is 636. The first-order chi connectivity index (χ1) is 10.1. The molecule has 2 aromatic rings. The molecule has 0 bridgehead atoms. The number of amides is 2. The molecular formula is C14H12ClN3O3. The summed E-state index contributed by atoms with van der Waals surface area (Å²) >= 11 is 5.72. The predicted molar refractivity (Wildman–Crippen MR) is 78.2 cm³/mol. The van der Waals surface area contributed by atoms with Crippen molar-refractivity contribution in [2.24, 2.45) is 5.10 Å². The van der Waals surface area contributed by atoms with Gasteiger partial charge in [0.1, 0.15) is 5.76 Å². The summed E-state index contributed by atoms with van der Waals surface area (Å²) in [5.41, 5.74) is 2.69. The number of hydrogen-bond acceptors (Lipinski definition) is 4. The smallest absolute Gasteiger partial charge is 0.259 e. The van der Waals surface area contributed by atoms with Crippen molar-refractivity contribution >= 4 is 29.6 Å². The summed E-state index contributed by atoms with van der Waals surface area (Å²) in [7, 11) is 0. The highest BCUT2D eigenvalue weighted by Crippen LogP contribution is 2.09. The lowest BCUT2D eigenvalue weighted by molar-refractivity contribution is -0.120. The van der Waals surface area contributed by atoms with Crippen molar-refractivity contribution in [2.75, 3.05) is 6.54 Å². The molecule has 21 heavy (non-hydrogen) atoms. The molecule has 0 aliphatic carbocycles. The van der Waals surface area contributed by atoms with E-state index in [1.165, 1.54) is 12.5 Å². The average Bonchev–Trinajstić information content (AvgIpc) is 2.99. The Morgan fingerprint density at radius 1 is 1.24 bits per heavy atom. The van der Waals surface area contributed by atoms with E-state index in [4.69, 9.17) is 16.0 Å². The van der Waals surface area contributed by atoms with Crippen molar-refractivity contribution in [1.82, 2.24) is 10.7 Å². The minimum Gasteiger partial charge on any atom is -0.463 e. The van der Waals surface area contributed by atoms with Crippen molar-refractivity contribution in [3.63, 3.8) is 0 Å². The zero-order valence-corrected chi connectivity index (χ0v) is 11.6. The fourth-order valence-electron chi connectivity index (χ4n) is 1.44. The van der Waals surface area contributed by atoms with E-state index in [2.05, 4.69) is 15.8 Å². The van der Waals surface area contributed by atoms with Gasteiger partial charge in [0.2, 0.25) is 0 Å². The number of hydrogen-bond donors (Lipinski definition) is 2. The summed E-state index contributed by atoms with van der Waals surface area (Å²) in [6.45, 7) is -0.184. The van der Waals surface area contributed by atoms with Gasteiger partial charge < -0.3 is 9.73 Å². The Morgan fingerprint density at radius 2 is 2.00 bits per heavy atom. The Morgan fingerprint density at radius 3 is 2.67 bits per heavy atom. The number of carbonyl (C=O) groups excluding carboxylic acids is 2. The van der Waals surface area contributed by atoms with Crippen LogP contribution in [-0.2, 0) is 4.79 Å². The van der Waals surface area contributed by atoms with E-state index in [1.54, 1.807) is 36.4 Å². The first-order valence-electron chi connectivity index (χ1n) is 6.04. The van der Waals surface area contributed by atoms with E-state index in [0.29, 0.717) is 16.3 Å². The summed E-state index contributed by atoms with van der Waals surface area (Å²) < 4.78 is 5.00. The van der Waals surface area contributed by atoms with Gasteiger partial charge in [0, 0.05) is 10.6 Å². The third kappa shape index (κ3) is 4.77. The number of nitrogens with zero attached hydrogens (tertiary/aromatic N) is 1. The van der Waals surface area contributed by atoms with Crippen molar-refractivity contribution in [3.05, 3.63) is 59.0 Å². The van der Waals surface area contributed by atoms with Crippen LogP contribution in [0, 0.1) is 0 Å². The van der Waals surface area contributed by atoms with Crippen molar-refractivity contribution < 1.29 is 14.0 Å². The highest BCUT2D eigenvalue weighted by Gasteiger charge is 2.07. The molecule has 0 radical (unpaired) electrons. The van der Waals surface area contributed by atoms with Crippen LogP contribution in [0.4, 0.5) is 0 Å². The van der Waals surface area contributed by atoms with Crippen LogP contribution in [0.25, 0.3) is 0 Å². The molecule has 0 spiro atoms. The maximum atomic E-state index is 11.7. The van der Waals surface area contributed by atoms with Crippen LogP contribution in [0.5, 0.6) is 0 Å². The Balaban J connectivity index is 1.76. The van der Waals surface area contributed by atoms with Gasteiger partial charge in [-0.05, 0) is 36.4 Å². The second-order valence-corrected chi connectivity index (χ2v) is 4.43. The lowest BCUT2D eigenvalue weighted by Crippen LogP contribution is -2.34. The van der Waals surface area contributed by atoms with Crippen LogP contribution >= 0.6 is 11.6 Å². The van der Waals surface area contributed by atoms with Gasteiger partial charge in [-0.3, -0.25) is 9.59 Å². The third-order valence-corrected chi connectivity index (χ3v) is 2.69. The number of carbonyl (C=O) groups is 2. The van der Waals surface area contributed by atoms with Crippen molar-refractivity contribution in [2.45, 2.75) is 0 Å². The van der Waals surface area contributed by atoms with Crippen LogP contribution in [0.15, 0.2) is 52.2 Å². The zero-order chi connectivity index (χ0) is 15.1. The average molecular weight is 306 g/mol. The fourth-order valence-corrected chi connectivity index (χ4v) is 1.56. The lowest BCUT2D eigenvalue weighted by atomic mass is 10.2. The predicted octanol–water partition coefficient (Wildman–Crippen LogP) is 1.81. The topological polar surface area (TPSA) is 83.7 Å². The lowest BCUT2D eigenvalue weighted by Gasteiger charge is -2.04. The van der Waals surface area contributed by atoms with Crippen LogP contribution in [0.2, 0.25) is 5.02 Å². The Labute approximate surface area is 125 Å². The molecule has 2 rings (SSSR count). The van der Waals surface area contributed by atoms with Crippen LogP contribution in [0.3, 0.4) is 0 Å². The second kappa shape index (κ2) is 7.25. The van der Waals surface area contributed by atoms with E-state index >= 15 is 0 Å². The standard InChI is InChI=1S/C14H12ClN3O3/c15-11-5-3-10(4-6-11)14(20)16-9-13(19)18-17-8-12-2-1-7-21-12/h1-8H,9H2,(H,16,20)(H,18,19).